The molecule has 2 N–H and O–H groups in total. The minimum absolute atomic E-state index is 0.0423. The van der Waals surface area contributed by atoms with E-state index in [-0.39, 0.29) is 22.9 Å². The number of nitrogens with zero attached hydrogens (tertiary/aromatic N) is 2. The monoisotopic (exact) mass is 508 g/mol. The van der Waals surface area contributed by atoms with E-state index >= 15 is 0 Å². The van der Waals surface area contributed by atoms with Crippen molar-refractivity contribution in [3.05, 3.63) is 66.0 Å². The summed E-state index contributed by atoms with van der Waals surface area (Å²) in [4.78, 5) is 2.87. The third-order valence-electron chi connectivity index (χ3n) is 6.43. The topological polar surface area (TPSA) is 93.2 Å². The second kappa shape index (κ2) is 10.3. The van der Waals surface area contributed by atoms with Crippen LogP contribution in [0, 0.1) is 11.6 Å². The predicted octanol–water partition coefficient (Wildman–Crippen LogP) is 4.49. The van der Waals surface area contributed by atoms with Gasteiger partial charge in [-0.2, -0.15) is 4.37 Å². The quantitative estimate of drug-likeness (QED) is 0.443. The highest BCUT2D eigenvalue weighted by molar-refractivity contribution is 7.93. The van der Waals surface area contributed by atoms with Crippen LogP contribution in [-0.4, -0.2) is 37.5 Å². The van der Waals surface area contributed by atoms with Gasteiger partial charge in [-0.15, -0.1) is 0 Å². The lowest BCUT2D eigenvalue weighted by Crippen LogP contribution is -2.39. The van der Waals surface area contributed by atoms with Crippen molar-refractivity contribution in [1.82, 2.24) is 14.7 Å². The summed E-state index contributed by atoms with van der Waals surface area (Å²) in [6.45, 7) is 0.171. The number of aromatic nitrogens is 2. The zero-order valence-electron chi connectivity index (χ0n) is 18.6. The van der Waals surface area contributed by atoms with Gasteiger partial charge in [-0.25, -0.2) is 22.2 Å². The second-order valence-electron chi connectivity index (χ2n) is 8.37. The Hall–Kier alpha value is -2.63. The number of hydrogen-bond donors (Lipinski definition) is 2. The standard InChI is InChI=1S/C23H26F2N4O3S2/c1-26-17-7-9-23(10-8-17,16-5-3-2-4-6-16)11-12-32-20-13-19(25)21(14-18(20)24)34(30,31)29-22-27-15-28-33-22/h2-6,13-15,17,26H,7-12H2,1H3,(H,27,28,29). The molecule has 1 aromatic heterocycles. The number of ether oxygens (including phenoxy) is 1. The molecule has 34 heavy (non-hydrogen) atoms. The number of rotatable bonds is 9. The molecule has 1 aliphatic rings. The van der Waals surface area contributed by atoms with Gasteiger partial charge in [0.25, 0.3) is 10.0 Å². The summed E-state index contributed by atoms with van der Waals surface area (Å²) in [7, 11) is -2.40. The second-order valence-corrected chi connectivity index (χ2v) is 10.8. The fraction of sp³-hybridized carbons (Fsp3) is 0.391. The molecule has 0 bridgehead atoms. The first-order valence-corrected chi connectivity index (χ1v) is 13.2. The maximum absolute atomic E-state index is 14.7. The molecule has 11 heteroatoms. The molecule has 7 nitrogen and oxygen atoms in total. The highest BCUT2D eigenvalue weighted by Gasteiger charge is 2.36. The van der Waals surface area contributed by atoms with E-state index in [9.17, 15) is 17.2 Å². The highest BCUT2D eigenvalue weighted by atomic mass is 32.2. The van der Waals surface area contributed by atoms with Crippen LogP contribution in [0.15, 0.2) is 53.7 Å². The first-order valence-electron chi connectivity index (χ1n) is 11.0. The molecule has 1 fully saturated rings. The number of sulfonamides is 1. The van der Waals surface area contributed by atoms with Gasteiger partial charge < -0.3 is 10.1 Å². The summed E-state index contributed by atoms with van der Waals surface area (Å²) in [5, 5.41) is 3.29. The van der Waals surface area contributed by atoms with E-state index in [1.807, 2.05) is 25.2 Å². The van der Waals surface area contributed by atoms with Crippen molar-refractivity contribution in [2.75, 3.05) is 18.4 Å². The van der Waals surface area contributed by atoms with Crippen LogP contribution in [0.5, 0.6) is 5.75 Å². The van der Waals surface area contributed by atoms with Crippen molar-refractivity contribution < 1.29 is 21.9 Å². The molecule has 0 radical (unpaired) electrons. The van der Waals surface area contributed by atoms with Gasteiger partial charge in [0, 0.05) is 29.7 Å². The molecule has 1 aliphatic carbocycles. The van der Waals surface area contributed by atoms with Crippen molar-refractivity contribution in [3.63, 3.8) is 0 Å². The van der Waals surface area contributed by atoms with Crippen LogP contribution < -0.4 is 14.8 Å². The van der Waals surface area contributed by atoms with E-state index in [1.165, 1.54) is 5.56 Å². The Kier molecular flexibility index (Phi) is 7.44. The molecule has 1 heterocycles. The van der Waals surface area contributed by atoms with Crippen LogP contribution in [0.2, 0.25) is 0 Å². The molecular formula is C23H26F2N4O3S2. The first-order chi connectivity index (χ1) is 16.3. The van der Waals surface area contributed by atoms with Gasteiger partial charge in [0.2, 0.25) is 5.13 Å². The van der Waals surface area contributed by atoms with E-state index in [0.717, 1.165) is 49.6 Å². The fourth-order valence-corrected chi connectivity index (χ4v) is 6.24. The maximum atomic E-state index is 14.7. The number of nitrogens with one attached hydrogen (secondary N) is 2. The van der Waals surface area contributed by atoms with Crippen molar-refractivity contribution in [2.24, 2.45) is 0 Å². The van der Waals surface area contributed by atoms with E-state index < -0.39 is 26.6 Å². The number of anilines is 1. The fourth-order valence-electron chi connectivity index (χ4n) is 4.50. The van der Waals surface area contributed by atoms with E-state index in [0.29, 0.717) is 18.5 Å². The summed E-state index contributed by atoms with van der Waals surface area (Å²) < 4.78 is 65.6. The van der Waals surface area contributed by atoms with Gasteiger partial charge in [-0.3, -0.25) is 4.72 Å². The molecule has 0 saturated heterocycles. The zero-order chi connectivity index (χ0) is 24.2. The smallest absolute Gasteiger partial charge is 0.266 e. The molecule has 0 aliphatic heterocycles. The van der Waals surface area contributed by atoms with Gasteiger partial charge in [0.15, 0.2) is 11.6 Å². The number of hydrogen-bond acceptors (Lipinski definition) is 7. The van der Waals surface area contributed by atoms with Crippen LogP contribution in [0.25, 0.3) is 0 Å². The van der Waals surface area contributed by atoms with Crippen LogP contribution in [0.3, 0.4) is 0 Å². The van der Waals surface area contributed by atoms with E-state index in [2.05, 4.69) is 31.5 Å². The molecule has 2 aromatic carbocycles. The molecule has 0 amide bonds. The lowest BCUT2D eigenvalue weighted by Gasteiger charge is -2.41. The summed E-state index contributed by atoms with van der Waals surface area (Å²) in [6, 6.07) is 12.1. The largest absolute Gasteiger partial charge is 0.490 e. The average molecular weight is 509 g/mol. The van der Waals surface area contributed by atoms with E-state index in [4.69, 9.17) is 4.74 Å². The predicted molar refractivity (Wildman–Crippen MR) is 127 cm³/mol. The maximum Gasteiger partial charge on any atom is 0.266 e. The average Bonchev–Trinajstić information content (AvgIpc) is 3.34. The SMILES string of the molecule is CNC1CCC(CCOc2cc(F)c(S(=O)(=O)Nc3ncns3)cc2F)(c2ccccc2)CC1. The Morgan fingerprint density at radius 1 is 1.15 bits per heavy atom. The number of benzene rings is 2. The molecular weight excluding hydrogens is 482 g/mol. The third-order valence-corrected chi connectivity index (χ3v) is 8.50. The van der Waals surface area contributed by atoms with Crippen LogP contribution in [0.1, 0.15) is 37.7 Å². The minimum Gasteiger partial charge on any atom is -0.490 e. The van der Waals surface area contributed by atoms with E-state index in [1.54, 1.807) is 0 Å². The summed E-state index contributed by atoms with van der Waals surface area (Å²) in [5.74, 6) is -2.38. The molecule has 4 rings (SSSR count). The number of halogens is 2. The zero-order valence-corrected chi connectivity index (χ0v) is 20.3. The van der Waals surface area contributed by atoms with Gasteiger partial charge in [-0.05, 0) is 50.1 Å². The lowest BCUT2D eigenvalue weighted by molar-refractivity contribution is 0.189. The first kappa shape index (κ1) is 24.5. The van der Waals surface area contributed by atoms with Crippen molar-refractivity contribution in [1.29, 1.82) is 0 Å². The third kappa shape index (κ3) is 5.37. The molecule has 0 unspecified atom stereocenters. The molecule has 182 valence electrons. The Bertz CT molecular complexity index is 1200. The van der Waals surface area contributed by atoms with Crippen molar-refractivity contribution in [2.45, 2.75) is 48.5 Å². The molecule has 0 atom stereocenters. The van der Waals surface area contributed by atoms with Crippen LogP contribution in [-0.2, 0) is 15.4 Å². The molecule has 0 spiro atoms. The Morgan fingerprint density at radius 2 is 1.88 bits per heavy atom. The summed E-state index contributed by atoms with van der Waals surface area (Å²) in [6.07, 6.45) is 5.73. The van der Waals surface area contributed by atoms with Gasteiger partial charge in [0.1, 0.15) is 17.0 Å². The van der Waals surface area contributed by atoms with Gasteiger partial charge >= 0.3 is 0 Å². The van der Waals surface area contributed by atoms with Gasteiger partial charge in [0.05, 0.1) is 6.61 Å². The normalized spacial score (nSPS) is 20.7. The van der Waals surface area contributed by atoms with Gasteiger partial charge in [-0.1, -0.05) is 30.3 Å². The van der Waals surface area contributed by atoms with Crippen LogP contribution in [0.4, 0.5) is 13.9 Å². The molecule has 3 aromatic rings. The van der Waals surface area contributed by atoms with Crippen molar-refractivity contribution in [3.8, 4) is 5.75 Å². The highest BCUT2D eigenvalue weighted by Crippen LogP contribution is 2.42. The summed E-state index contributed by atoms with van der Waals surface area (Å²) in [5.41, 5.74) is 1.10. The minimum atomic E-state index is -4.36. The Morgan fingerprint density at radius 3 is 2.53 bits per heavy atom. The van der Waals surface area contributed by atoms with Crippen LogP contribution >= 0.6 is 11.5 Å². The lowest BCUT2D eigenvalue weighted by atomic mass is 9.66. The Labute approximate surface area is 201 Å². The Balaban J connectivity index is 1.48. The van der Waals surface area contributed by atoms with Crippen molar-refractivity contribution >= 4 is 26.7 Å². The molecule has 1 saturated carbocycles. The summed E-state index contributed by atoms with van der Waals surface area (Å²) >= 11 is 0.785.